The Balaban J connectivity index is 1.22. The summed E-state index contributed by atoms with van der Waals surface area (Å²) in [6, 6.07) is 31.9. The van der Waals surface area contributed by atoms with E-state index in [1.54, 1.807) is 6.92 Å². The number of hydrogen-bond donors (Lipinski definition) is 0. The summed E-state index contributed by atoms with van der Waals surface area (Å²) in [5, 5.41) is 0.669. The molecule has 6 rings (SSSR count). The number of para-hydroxylation sites is 1. The maximum atomic E-state index is 13.5. The Kier molecular flexibility index (Phi) is 8.99. The van der Waals surface area contributed by atoms with Crippen LogP contribution in [-0.4, -0.2) is 52.7 Å². The minimum absolute atomic E-state index is 0.0233. The molecule has 2 heterocycles. The summed E-state index contributed by atoms with van der Waals surface area (Å²) in [6.45, 7) is 4.57. The Morgan fingerprint density at radius 2 is 1.50 bits per heavy atom. The fourth-order valence-corrected chi connectivity index (χ4v) is 5.99. The molecule has 1 amide bonds. The van der Waals surface area contributed by atoms with Crippen molar-refractivity contribution in [1.82, 2.24) is 14.9 Å². The number of anilines is 1. The van der Waals surface area contributed by atoms with Crippen LogP contribution in [0.25, 0.3) is 22.3 Å². The van der Waals surface area contributed by atoms with Crippen LogP contribution in [0.3, 0.4) is 0 Å². The van der Waals surface area contributed by atoms with E-state index >= 15 is 0 Å². The van der Waals surface area contributed by atoms with E-state index in [0.29, 0.717) is 30.1 Å². The number of piperazine rings is 1. The topological polar surface area (TPSA) is 66.4 Å². The SMILES string of the molecule is CC(=O)Cc1cccc(CCCc2nc3cc(C(=O)N4CCN(c5ccccc5)CC4)ccc3nc2-c2ccc(Cl)cc2)c1. The summed E-state index contributed by atoms with van der Waals surface area (Å²) in [6.07, 6.45) is 2.90. The van der Waals surface area contributed by atoms with Crippen LogP contribution < -0.4 is 4.90 Å². The molecule has 0 radical (unpaired) electrons. The number of aryl methyl sites for hydroxylation is 2. The summed E-state index contributed by atoms with van der Waals surface area (Å²) in [7, 11) is 0. The number of Topliss-reactive ketones (excluding diaryl/α,β-unsaturated/α-hetero) is 1. The van der Waals surface area contributed by atoms with Gasteiger partial charge >= 0.3 is 0 Å². The average molecular weight is 603 g/mol. The van der Waals surface area contributed by atoms with Crippen LogP contribution in [0, 0.1) is 0 Å². The van der Waals surface area contributed by atoms with Crippen LogP contribution >= 0.6 is 11.6 Å². The number of fused-ring (bicyclic) bond motifs is 1. The summed E-state index contributed by atoms with van der Waals surface area (Å²) in [4.78, 5) is 39.5. The number of amides is 1. The van der Waals surface area contributed by atoms with Crippen molar-refractivity contribution in [2.24, 2.45) is 0 Å². The van der Waals surface area contributed by atoms with Gasteiger partial charge in [0, 0.05) is 54.4 Å². The first-order chi connectivity index (χ1) is 21.4. The van der Waals surface area contributed by atoms with Gasteiger partial charge in [0.15, 0.2) is 0 Å². The lowest BCUT2D eigenvalue weighted by atomic mass is 10.0. The Bertz CT molecular complexity index is 1780. The summed E-state index contributed by atoms with van der Waals surface area (Å²) in [5.41, 5.74) is 8.21. The highest BCUT2D eigenvalue weighted by atomic mass is 35.5. The van der Waals surface area contributed by atoms with Crippen molar-refractivity contribution in [2.45, 2.75) is 32.6 Å². The molecule has 1 aromatic heterocycles. The molecule has 0 atom stereocenters. The second kappa shape index (κ2) is 13.4. The molecule has 44 heavy (non-hydrogen) atoms. The Hall–Kier alpha value is -4.55. The molecule has 1 fully saturated rings. The monoisotopic (exact) mass is 602 g/mol. The zero-order valence-electron chi connectivity index (χ0n) is 24.9. The van der Waals surface area contributed by atoms with E-state index in [-0.39, 0.29) is 11.7 Å². The summed E-state index contributed by atoms with van der Waals surface area (Å²) < 4.78 is 0. The lowest BCUT2D eigenvalue weighted by Crippen LogP contribution is -2.48. The van der Waals surface area contributed by atoms with E-state index in [1.165, 1.54) is 11.3 Å². The molecular weight excluding hydrogens is 568 g/mol. The van der Waals surface area contributed by atoms with Crippen molar-refractivity contribution in [1.29, 1.82) is 0 Å². The van der Waals surface area contributed by atoms with Crippen molar-refractivity contribution >= 4 is 40.0 Å². The van der Waals surface area contributed by atoms with Gasteiger partial charge < -0.3 is 9.80 Å². The number of hydrogen-bond acceptors (Lipinski definition) is 5. The van der Waals surface area contributed by atoms with Crippen molar-refractivity contribution in [2.75, 3.05) is 31.1 Å². The van der Waals surface area contributed by atoms with E-state index in [0.717, 1.165) is 65.9 Å². The van der Waals surface area contributed by atoms with Gasteiger partial charge in [-0.1, -0.05) is 66.2 Å². The molecule has 222 valence electrons. The van der Waals surface area contributed by atoms with Gasteiger partial charge in [0.2, 0.25) is 0 Å². The highest BCUT2D eigenvalue weighted by molar-refractivity contribution is 6.30. The largest absolute Gasteiger partial charge is 0.368 e. The van der Waals surface area contributed by atoms with Gasteiger partial charge in [-0.2, -0.15) is 0 Å². The van der Waals surface area contributed by atoms with Gasteiger partial charge in [0.05, 0.1) is 22.4 Å². The molecule has 0 unspecified atom stereocenters. The smallest absolute Gasteiger partial charge is 0.254 e. The zero-order valence-corrected chi connectivity index (χ0v) is 25.6. The molecule has 0 spiro atoms. The number of halogens is 1. The van der Waals surface area contributed by atoms with Crippen molar-refractivity contribution in [3.8, 4) is 11.3 Å². The minimum Gasteiger partial charge on any atom is -0.368 e. The van der Waals surface area contributed by atoms with Gasteiger partial charge in [-0.25, -0.2) is 9.97 Å². The summed E-state index contributed by atoms with van der Waals surface area (Å²) >= 11 is 6.18. The first-order valence-corrected chi connectivity index (χ1v) is 15.5. The van der Waals surface area contributed by atoms with E-state index in [2.05, 4.69) is 29.2 Å². The third-order valence-electron chi connectivity index (χ3n) is 8.11. The predicted octanol–water partition coefficient (Wildman–Crippen LogP) is 7.22. The Labute approximate surface area is 263 Å². The lowest BCUT2D eigenvalue weighted by molar-refractivity contribution is -0.116. The minimum atomic E-state index is 0.0233. The van der Waals surface area contributed by atoms with Crippen LogP contribution in [0.2, 0.25) is 5.02 Å². The molecular formula is C37H35ClN4O2. The molecule has 0 saturated carbocycles. The van der Waals surface area contributed by atoms with Gasteiger partial charge in [-0.15, -0.1) is 0 Å². The van der Waals surface area contributed by atoms with Crippen LogP contribution in [0.5, 0.6) is 0 Å². The van der Waals surface area contributed by atoms with E-state index in [1.807, 2.05) is 77.7 Å². The van der Waals surface area contributed by atoms with Crippen LogP contribution in [-0.2, 0) is 24.1 Å². The third kappa shape index (κ3) is 6.98. The first kappa shape index (κ1) is 29.5. The number of carbonyl (C=O) groups excluding carboxylic acids is 2. The van der Waals surface area contributed by atoms with E-state index < -0.39 is 0 Å². The molecule has 1 saturated heterocycles. The molecule has 0 aliphatic carbocycles. The quantitative estimate of drug-likeness (QED) is 0.178. The summed E-state index contributed by atoms with van der Waals surface area (Å²) in [5.74, 6) is 0.184. The fraction of sp³-hybridized carbons (Fsp3) is 0.243. The van der Waals surface area contributed by atoms with Crippen LogP contribution in [0.4, 0.5) is 5.69 Å². The van der Waals surface area contributed by atoms with Crippen LogP contribution in [0.1, 0.15) is 40.5 Å². The average Bonchev–Trinajstić information content (AvgIpc) is 3.05. The fourth-order valence-electron chi connectivity index (χ4n) is 5.87. The van der Waals surface area contributed by atoms with Crippen molar-refractivity contribution in [3.63, 3.8) is 0 Å². The highest BCUT2D eigenvalue weighted by Crippen LogP contribution is 2.27. The normalized spacial score (nSPS) is 13.3. The number of aromatic nitrogens is 2. The van der Waals surface area contributed by atoms with E-state index in [9.17, 15) is 9.59 Å². The van der Waals surface area contributed by atoms with Crippen molar-refractivity contribution in [3.05, 3.63) is 124 Å². The number of benzene rings is 4. The highest BCUT2D eigenvalue weighted by Gasteiger charge is 2.23. The lowest BCUT2D eigenvalue weighted by Gasteiger charge is -2.36. The maximum Gasteiger partial charge on any atom is 0.254 e. The zero-order chi connectivity index (χ0) is 30.5. The Morgan fingerprint density at radius 1 is 0.750 bits per heavy atom. The maximum absolute atomic E-state index is 13.5. The van der Waals surface area contributed by atoms with Gasteiger partial charge in [0.25, 0.3) is 5.91 Å². The van der Waals surface area contributed by atoms with Crippen LogP contribution in [0.15, 0.2) is 97.1 Å². The molecule has 7 heteroatoms. The molecule has 4 aromatic carbocycles. The number of nitrogens with zero attached hydrogens (tertiary/aromatic N) is 4. The molecule has 1 aliphatic heterocycles. The number of ketones is 1. The third-order valence-corrected chi connectivity index (χ3v) is 8.36. The second-order valence-corrected chi connectivity index (χ2v) is 11.8. The van der Waals surface area contributed by atoms with Gasteiger partial charge in [-0.05, 0) is 79.8 Å². The second-order valence-electron chi connectivity index (χ2n) is 11.4. The molecule has 0 N–H and O–H groups in total. The standard InChI is InChI=1S/C37H35ClN4O2/c1-26(43)23-28-9-5-7-27(24-28)8-6-12-34-36(29-13-16-31(38)17-14-29)40-33-18-15-30(25-35(33)39-34)37(44)42-21-19-41(20-22-42)32-10-3-2-4-11-32/h2-5,7,9-11,13-18,24-25H,6,8,12,19-23H2,1H3. The number of rotatable bonds is 9. The van der Waals surface area contributed by atoms with E-state index in [4.69, 9.17) is 21.6 Å². The molecule has 0 bridgehead atoms. The predicted molar refractivity (Wildman–Crippen MR) is 177 cm³/mol. The van der Waals surface area contributed by atoms with Gasteiger partial charge in [0.1, 0.15) is 5.78 Å². The van der Waals surface area contributed by atoms with Crippen molar-refractivity contribution < 1.29 is 9.59 Å². The molecule has 1 aliphatic rings. The molecule has 6 nitrogen and oxygen atoms in total. The first-order valence-electron chi connectivity index (χ1n) is 15.2. The van der Waals surface area contributed by atoms with Gasteiger partial charge in [-0.3, -0.25) is 9.59 Å². The number of carbonyl (C=O) groups is 2. The Morgan fingerprint density at radius 3 is 2.25 bits per heavy atom. The molecule has 5 aromatic rings.